The first-order valence-electron chi connectivity index (χ1n) is 8.69. The Morgan fingerprint density at radius 2 is 1.62 bits per heavy atom. The third kappa shape index (κ3) is 5.96. The minimum absolute atomic E-state index is 0.265. The van der Waals surface area contributed by atoms with Crippen LogP contribution in [0.25, 0.3) is 0 Å². The van der Waals surface area contributed by atoms with Crippen molar-refractivity contribution in [3.05, 3.63) is 72.9 Å². The van der Waals surface area contributed by atoms with E-state index in [0.717, 1.165) is 0 Å². The average molecular weight is 393 g/mol. The molecule has 3 aromatic rings. The molecule has 2 N–H and O–H groups in total. The summed E-state index contributed by atoms with van der Waals surface area (Å²) in [4.78, 5) is 27.9. The van der Waals surface area contributed by atoms with E-state index in [-0.39, 0.29) is 12.4 Å². The number of hydrogen-bond donors (Lipinski definition) is 2. The fraction of sp³-hybridized carbons (Fsp3) is 0.0952. The van der Waals surface area contributed by atoms with Gasteiger partial charge < -0.3 is 14.2 Å². The van der Waals surface area contributed by atoms with Crippen molar-refractivity contribution in [2.45, 2.75) is 0 Å². The Kier molecular flexibility index (Phi) is 6.62. The van der Waals surface area contributed by atoms with Gasteiger partial charge >= 0.3 is 6.03 Å². The van der Waals surface area contributed by atoms with Crippen molar-refractivity contribution in [3.63, 3.8) is 0 Å². The molecule has 8 nitrogen and oxygen atoms in total. The maximum atomic E-state index is 11.9. The molecule has 148 valence electrons. The maximum absolute atomic E-state index is 11.9. The second-order valence-corrected chi connectivity index (χ2v) is 5.74. The Balaban J connectivity index is 1.46. The number of carbonyl (C=O) groups excluding carboxylic acids is 2. The Hall–Kier alpha value is -4.07. The number of amides is 3. The van der Waals surface area contributed by atoms with Gasteiger partial charge in [-0.25, -0.2) is 9.78 Å². The molecule has 0 atom stereocenters. The number of rotatable bonds is 7. The Labute approximate surface area is 167 Å². The highest BCUT2D eigenvalue weighted by Crippen LogP contribution is 2.25. The number of methoxy groups -OCH3 is 1. The van der Waals surface area contributed by atoms with E-state index in [2.05, 4.69) is 15.6 Å². The minimum Gasteiger partial charge on any atom is -0.493 e. The summed E-state index contributed by atoms with van der Waals surface area (Å²) >= 11 is 0. The van der Waals surface area contributed by atoms with Gasteiger partial charge in [-0.05, 0) is 36.4 Å². The fourth-order valence-corrected chi connectivity index (χ4v) is 2.33. The molecule has 1 heterocycles. The SMILES string of the molecule is COc1ccccc1OCC(=O)NC(=O)Nc1ccc(Oc2ccccc2)cn1. The molecule has 0 fully saturated rings. The zero-order valence-corrected chi connectivity index (χ0v) is 15.6. The quantitative estimate of drug-likeness (QED) is 0.636. The van der Waals surface area contributed by atoms with Gasteiger partial charge in [0.2, 0.25) is 0 Å². The summed E-state index contributed by atoms with van der Waals surface area (Å²) in [7, 11) is 1.50. The standard InChI is InChI=1S/C21H19N3O5/c1-27-17-9-5-6-10-18(17)28-14-20(25)24-21(26)23-19-12-11-16(13-22-19)29-15-7-3-2-4-8-15/h2-13H,14H2,1H3,(H2,22,23,24,25,26). The highest BCUT2D eigenvalue weighted by atomic mass is 16.5. The summed E-state index contributed by atoms with van der Waals surface area (Å²) in [5, 5.41) is 4.63. The maximum Gasteiger partial charge on any atom is 0.327 e. The van der Waals surface area contributed by atoms with Crippen molar-refractivity contribution in [2.24, 2.45) is 0 Å². The molecule has 0 bridgehead atoms. The number of anilines is 1. The van der Waals surface area contributed by atoms with Crippen molar-refractivity contribution in [1.82, 2.24) is 10.3 Å². The number of aromatic nitrogens is 1. The lowest BCUT2D eigenvalue weighted by Crippen LogP contribution is -2.37. The summed E-state index contributed by atoms with van der Waals surface area (Å²) in [5.41, 5.74) is 0. The van der Waals surface area contributed by atoms with Crippen molar-refractivity contribution in [3.8, 4) is 23.0 Å². The van der Waals surface area contributed by atoms with Gasteiger partial charge in [0.05, 0.1) is 13.3 Å². The lowest BCUT2D eigenvalue weighted by molar-refractivity contribution is -0.121. The number of para-hydroxylation sites is 3. The number of benzene rings is 2. The monoisotopic (exact) mass is 393 g/mol. The van der Waals surface area contributed by atoms with Crippen molar-refractivity contribution < 1.29 is 23.8 Å². The number of hydrogen-bond acceptors (Lipinski definition) is 6. The van der Waals surface area contributed by atoms with Crippen molar-refractivity contribution in [1.29, 1.82) is 0 Å². The van der Waals surface area contributed by atoms with Crippen LogP contribution < -0.4 is 24.8 Å². The molecule has 0 radical (unpaired) electrons. The second-order valence-electron chi connectivity index (χ2n) is 5.74. The molecule has 0 saturated heterocycles. The van der Waals surface area contributed by atoms with E-state index in [0.29, 0.717) is 23.0 Å². The molecule has 0 aliphatic heterocycles. The highest BCUT2D eigenvalue weighted by molar-refractivity contribution is 6.01. The lowest BCUT2D eigenvalue weighted by atomic mass is 10.3. The molecule has 0 spiro atoms. The summed E-state index contributed by atoms with van der Waals surface area (Å²) in [6.07, 6.45) is 1.47. The van der Waals surface area contributed by atoms with Crippen LogP contribution in [0.1, 0.15) is 0 Å². The van der Waals surface area contributed by atoms with E-state index in [4.69, 9.17) is 14.2 Å². The first kappa shape index (κ1) is 19.7. The van der Waals surface area contributed by atoms with Crippen LogP contribution >= 0.6 is 0 Å². The van der Waals surface area contributed by atoms with Crippen LogP contribution in [-0.4, -0.2) is 30.6 Å². The summed E-state index contributed by atoms with van der Waals surface area (Å²) in [5.74, 6) is 1.74. The number of nitrogens with zero attached hydrogens (tertiary/aromatic N) is 1. The third-order valence-corrected chi connectivity index (χ3v) is 3.64. The van der Waals surface area contributed by atoms with E-state index < -0.39 is 11.9 Å². The van der Waals surface area contributed by atoms with Gasteiger partial charge in [0, 0.05) is 0 Å². The van der Waals surface area contributed by atoms with Gasteiger partial charge in [-0.1, -0.05) is 30.3 Å². The van der Waals surface area contributed by atoms with Gasteiger partial charge in [-0.3, -0.25) is 15.4 Å². The van der Waals surface area contributed by atoms with Gasteiger partial charge in [-0.15, -0.1) is 0 Å². The molecule has 0 saturated carbocycles. The molecule has 3 amide bonds. The molecule has 0 aliphatic carbocycles. The van der Waals surface area contributed by atoms with Crippen molar-refractivity contribution >= 4 is 17.8 Å². The third-order valence-electron chi connectivity index (χ3n) is 3.64. The fourth-order valence-electron chi connectivity index (χ4n) is 2.33. The largest absolute Gasteiger partial charge is 0.493 e. The smallest absolute Gasteiger partial charge is 0.327 e. The van der Waals surface area contributed by atoms with Crippen LogP contribution in [0.4, 0.5) is 10.6 Å². The predicted octanol–water partition coefficient (Wildman–Crippen LogP) is 3.61. The second kappa shape index (κ2) is 9.75. The van der Waals surface area contributed by atoms with Crippen LogP contribution in [0.3, 0.4) is 0 Å². The van der Waals surface area contributed by atoms with Gasteiger partial charge in [0.15, 0.2) is 18.1 Å². The van der Waals surface area contributed by atoms with Crippen LogP contribution in [0.2, 0.25) is 0 Å². The average Bonchev–Trinajstić information content (AvgIpc) is 2.74. The van der Waals surface area contributed by atoms with E-state index in [9.17, 15) is 9.59 Å². The number of imide groups is 1. The zero-order valence-electron chi connectivity index (χ0n) is 15.6. The Bertz CT molecular complexity index is 962. The number of nitrogens with one attached hydrogen (secondary N) is 2. The molecule has 0 aliphatic rings. The first-order valence-corrected chi connectivity index (χ1v) is 8.69. The van der Waals surface area contributed by atoms with Crippen LogP contribution in [0.5, 0.6) is 23.0 Å². The zero-order chi connectivity index (χ0) is 20.5. The molecular formula is C21H19N3O5. The molecular weight excluding hydrogens is 374 g/mol. The van der Waals surface area contributed by atoms with Gasteiger partial charge in [-0.2, -0.15) is 0 Å². The molecule has 29 heavy (non-hydrogen) atoms. The van der Waals surface area contributed by atoms with Crippen LogP contribution in [-0.2, 0) is 4.79 Å². The molecule has 0 unspecified atom stereocenters. The van der Waals surface area contributed by atoms with Crippen LogP contribution in [0.15, 0.2) is 72.9 Å². The highest BCUT2D eigenvalue weighted by Gasteiger charge is 2.11. The Morgan fingerprint density at radius 3 is 2.31 bits per heavy atom. The normalized spacial score (nSPS) is 9.97. The number of pyridine rings is 1. The number of carbonyl (C=O) groups is 2. The van der Waals surface area contributed by atoms with E-state index >= 15 is 0 Å². The number of ether oxygens (including phenoxy) is 3. The van der Waals surface area contributed by atoms with E-state index in [1.165, 1.54) is 13.3 Å². The first-order chi connectivity index (χ1) is 14.1. The molecule has 1 aromatic heterocycles. The predicted molar refractivity (Wildman–Crippen MR) is 106 cm³/mol. The number of urea groups is 1. The van der Waals surface area contributed by atoms with Gasteiger partial charge in [0.25, 0.3) is 5.91 Å². The lowest BCUT2D eigenvalue weighted by Gasteiger charge is -2.10. The summed E-state index contributed by atoms with van der Waals surface area (Å²) < 4.78 is 16.1. The molecule has 2 aromatic carbocycles. The molecule has 8 heteroatoms. The topological polar surface area (TPSA) is 98.8 Å². The van der Waals surface area contributed by atoms with E-state index in [1.807, 2.05) is 30.3 Å². The van der Waals surface area contributed by atoms with Gasteiger partial charge in [0.1, 0.15) is 17.3 Å². The molecule has 3 rings (SSSR count). The summed E-state index contributed by atoms with van der Waals surface area (Å²) in [6.45, 7) is -0.342. The summed E-state index contributed by atoms with van der Waals surface area (Å²) in [6, 6.07) is 18.6. The van der Waals surface area contributed by atoms with Crippen molar-refractivity contribution in [2.75, 3.05) is 19.0 Å². The Morgan fingerprint density at radius 1 is 0.897 bits per heavy atom. The van der Waals surface area contributed by atoms with Crippen LogP contribution in [0, 0.1) is 0 Å². The minimum atomic E-state index is -0.720. The van der Waals surface area contributed by atoms with E-state index in [1.54, 1.807) is 36.4 Å².